The first-order valence-electron chi connectivity index (χ1n) is 27.7. The van der Waals surface area contributed by atoms with Crippen molar-refractivity contribution < 1.29 is 29.9 Å². The maximum absolute atomic E-state index is 9.76. The van der Waals surface area contributed by atoms with Gasteiger partial charge in [-0.1, -0.05) is 201 Å². The normalized spacial score (nSPS) is 21.8. The van der Waals surface area contributed by atoms with Crippen molar-refractivity contribution in [3.63, 3.8) is 0 Å². The molecule has 4 atom stereocenters. The second-order valence-electron chi connectivity index (χ2n) is 21.7. The summed E-state index contributed by atoms with van der Waals surface area (Å²) >= 11 is 0. The van der Waals surface area contributed by atoms with E-state index in [1.807, 2.05) is 54.7 Å². The van der Waals surface area contributed by atoms with Crippen molar-refractivity contribution in [3.05, 3.63) is 150 Å². The minimum atomic E-state index is -0.0256. The van der Waals surface area contributed by atoms with Crippen LogP contribution in [0.1, 0.15) is 147 Å². The van der Waals surface area contributed by atoms with Crippen molar-refractivity contribution in [3.8, 4) is 73.4 Å². The van der Waals surface area contributed by atoms with Gasteiger partial charge in [0.2, 0.25) is 0 Å². The van der Waals surface area contributed by atoms with E-state index >= 15 is 0 Å². The molecular formula is C66H75IrN4O2-. The Morgan fingerprint density at radius 2 is 1.01 bits per heavy atom. The van der Waals surface area contributed by atoms with Crippen LogP contribution >= 0.6 is 0 Å². The number of methoxy groups -OCH3 is 1. The molecule has 3 aliphatic carbocycles. The van der Waals surface area contributed by atoms with E-state index in [2.05, 4.69) is 107 Å². The van der Waals surface area contributed by atoms with Gasteiger partial charge in [-0.2, -0.15) is 0 Å². The number of aliphatic hydroxyl groups is 1. The summed E-state index contributed by atoms with van der Waals surface area (Å²) in [5.74, 6) is 5.32. The number of aromatic nitrogens is 4. The first-order chi connectivity index (χ1) is 35.3. The zero-order valence-corrected chi connectivity index (χ0v) is 46.3. The Morgan fingerprint density at radius 3 is 1.49 bits per heavy atom. The summed E-state index contributed by atoms with van der Waals surface area (Å²) in [4.78, 5) is 20.3. The van der Waals surface area contributed by atoms with E-state index in [9.17, 15) is 5.11 Å². The fraction of sp³-hybridized carbons (Fsp3) is 0.424. The molecule has 2 fully saturated rings. The zero-order chi connectivity index (χ0) is 49.7. The number of nitrogens with zero attached hydrogens (tertiary/aromatic N) is 4. The molecule has 0 spiro atoms. The van der Waals surface area contributed by atoms with Gasteiger partial charge in [-0.15, -0.1) is 29.3 Å². The standard InChI is InChI=1S/C66H75N4O2.Ir/c1-6-10-17-51-39-65-40-52(18-11-7-2)54(20-13-9-4)42-66(65,41-53(51)19-12-8-3)60-38-50(30-35-58(60)57-34-29-49(37-59(57)65)46-21-15-14-16-22-46)61-36-31-55(43-67-61)64-69-62(47-25-23-45(44-71)24-26-47)68-63(70-64)48-27-32-56(72-5)33-28-48;/h14-16,21-29,31-38,43,51-54,71H,6-13,17-20,39-42,44H2,1-5H3;/q-1;. The molecule has 0 saturated heterocycles. The zero-order valence-electron chi connectivity index (χ0n) is 43.9. The topological polar surface area (TPSA) is 81.0 Å². The van der Waals surface area contributed by atoms with E-state index in [1.165, 1.54) is 125 Å². The number of rotatable bonds is 19. The van der Waals surface area contributed by atoms with Gasteiger partial charge in [-0.3, -0.25) is 0 Å². The molecule has 10 rings (SSSR count). The van der Waals surface area contributed by atoms with Crippen molar-refractivity contribution in [2.24, 2.45) is 23.7 Å². The molecule has 2 saturated carbocycles. The summed E-state index contributed by atoms with van der Waals surface area (Å²) in [5, 5.41) is 9.76. The first-order valence-corrected chi connectivity index (χ1v) is 27.7. The molecule has 0 amide bonds. The largest absolute Gasteiger partial charge is 0.497 e. The molecule has 381 valence electrons. The summed E-state index contributed by atoms with van der Waals surface area (Å²) in [6, 6.07) is 47.3. The third-order valence-corrected chi connectivity index (χ3v) is 17.5. The van der Waals surface area contributed by atoms with Crippen LogP contribution in [0, 0.1) is 29.7 Å². The van der Waals surface area contributed by atoms with Gasteiger partial charge in [-0.25, -0.2) is 15.0 Å². The maximum Gasteiger partial charge on any atom is 0.165 e. The van der Waals surface area contributed by atoms with Gasteiger partial charge in [0.1, 0.15) is 5.75 Å². The van der Waals surface area contributed by atoms with Gasteiger partial charge in [0.15, 0.2) is 17.5 Å². The number of aliphatic hydroxyl groups excluding tert-OH is 1. The van der Waals surface area contributed by atoms with Gasteiger partial charge in [0.05, 0.1) is 13.7 Å². The number of unbranched alkanes of at least 4 members (excludes halogenated alkanes) is 4. The first kappa shape index (κ1) is 52.5. The molecule has 73 heavy (non-hydrogen) atoms. The number of hydrogen-bond acceptors (Lipinski definition) is 6. The second kappa shape index (κ2) is 23.5. The summed E-state index contributed by atoms with van der Waals surface area (Å²) in [7, 11) is 1.67. The third kappa shape index (κ3) is 10.4. The molecule has 1 radical (unpaired) electrons. The molecule has 0 aliphatic heterocycles. The van der Waals surface area contributed by atoms with Gasteiger partial charge < -0.3 is 14.8 Å². The Kier molecular flexibility index (Phi) is 16.9. The van der Waals surface area contributed by atoms with Crippen molar-refractivity contribution in [2.45, 2.75) is 148 Å². The average Bonchev–Trinajstić information content (AvgIpc) is 3.44. The van der Waals surface area contributed by atoms with Crippen LogP contribution in [0.15, 0.2) is 128 Å². The Bertz CT molecular complexity index is 2820. The molecule has 6 nitrogen and oxygen atoms in total. The van der Waals surface area contributed by atoms with Crippen LogP contribution in [-0.2, 0) is 37.5 Å². The quantitative estimate of drug-likeness (QED) is 0.0813. The van der Waals surface area contributed by atoms with Crippen LogP contribution < -0.4 is 4.74 Å². The van der Waals surface area contributed by atoms with Crippen LogP contribution in [0.25, 0.3) is 67.7 Å². The SMILES string of the molecule is CCCCC1CC23CC(CCCC)C(CCCC)CC2(CC1CCCC)c1cc(-c2ccccc2)ccc1-c1c[c-]c(-c2ccc(-c4nc(-c5ccc(CO)cc5)nc(-c5ccc(OC)cc5)n4)cn2)cc13.[Ir]. The monoisotopic (exact) mass is 1150 g/mol. The number of pyridine rings is 1. The maximum atomic E-state index is 9.76. The Balaban J connectivity index is 0.00000656. The van der Waals surface area contributed by atoms with Gasteiger partial charge in [-0.05, 0) is 107 Å². The number of fused-ring (bicyclic) bond motifs is 3. The molecule has 7 heteroatoms. The van der Waals surface area contributed by atoms with Gasteiger partial charge in [0.25, 0.3) is 0 Å². The molecule has 0 bridgehead atoms. The molecule has 2 aromatic heterocycles. The third-order valence-electron chi connectivity index (χ3n) is 17.5. The molecule has 5 aromatic carbocycles. The van der Waals surface area contributed by atoms with Crippen LogP contribution in [-0.4, -0.2) is 32.2 Å². The number of hydrogen-bond donors (Lipinski definition) is 1. The number of benzene rings is 5. The van der Waals surface area contributed by atoms with Gasteiger partial charge in [0, 0.05) is 48.4 Å². The average molecular weight is 1150 g/mol. The van der Waals surface area contributed by atoms with E-state index in [1.54, 1.807) is 18.2 Å². The molecule has 1 N–H and O–H groups in total. The Labute approximate surface area is 449 Å². The molecule has 3 aliphatic rings. The number of ether oxygens (including phenoxy) is 1. The van der Waals surface area contributed by atoms with Crippen LogP contribution in [0.4, 0.5) is 0 Å². The Hall–Kier alpha value is -5.33. The van der Waals surface area contributed by atoms with Crippen LogP contribution in [0.5, 0.6) is 5.75 Å². The van der Waals surface area contributed by atoms with Crippen molar-refractivity contribution in [1.82, 2.24) is 19.9 Å². The summed E-state index contributed by atoms with van der Waals surface area (Å²) < 4.78 is 5.46. The summed E-state index contributed by atoms with van der Waals surface area (Å²) in [5.41, 5.74) is 14.0. The minimum absolute atomic E-state index is 0. The predicted octanol–water partition coefficient (Wildman–Crippen LogP) is 16.9. The van der Waals surface area contributed by atoms with E-state index < -0.39 is 0 Å². The molecular weight excluding hydrogens is 1070 g/mol. The van der Waals surface area contributed by atoms with Crippen molar-refractivity contribution >= 4 is 0 Å². The van der Waals surface area contributed by atoms with Crippen molar-refractivity contribution in [1.29, 1.82) is 0 Å². The summed E-state index contributed by atoms with van der Waals surface area (Å²) in [6.45, 7) is 9.54. The molecule has 4 unspecified atom stereocenters. The summed E-state index contributed by atoms with van der Waals surface area (Å²) in [6.07, 6.45) is 22.6. The van der Waals surface area contributed by atoms with Crippen molar-refractivity contribution in [2.75, 3.05) is 7.11 Å². The Morgan fingerprint density at radius 1 is 0.534 bits per heavy atom. The fourth-order valence-corrected chi connectivity index (χ4v) is 13.8. The van der Waals surface area contributed by atoms with E-state index in [0.717, 1.165) is 51.1 Å². The van der Waals surface area contributed by atoms with Crippen LogP contribution in [0.3, 0.4) is 0 Å². The van der Waals surface area contributed by atoms with Crippen LogP contribution in [0.2, 0.25) is 0 Å². The van der Waals surface area contributed by atoms with E-state index in [-0.39, 0.29) is 37.5 Å². The fourth-order valence-electron chi connectivity index (χ4n) is 13.8. The smallest absolute Gasteiger partial charge is 0.165 e. The second-order valence-corrected chi connectivity index (χ2v) is 21.7. The predicted molar refractivity (Wildman–Crippen MR) is 295 cm³/mol. The van der Waals surface area contributed by atoms with E-state index in [0.29, 0.717) is 29.3 Å². The molecule has 7 aromatic rings. The minimum Gasteiger partial charge on any atom is -0.497 e. The molecule has 2 heterocycles. The van der Waals surface area contributed by atoms with E-state index in [4.69, 9.17) is 24.7 Å². The van der Waals surface area contributed by atoms with Gasteiger partial charge >= 0.3 is 0 Å².